The van der Waals surface area contributed by atoms with Crippen LogP contribution in [0.25, 0.3) is 10.8 Å². The molecule has 0 bridgehead atoms. The minimum Gasteiger partial charge on any atom is -0.207 e. The highest BCUT2D eigenvalue weighted by molar-refractivity contribution is 7.89. The fraction of sp³-hybridized carbons (Fsp3) is 0.412. The van der Waals surface area contributed by atoms with Crippen LogP contribution in [0.4, 0.5) is 0 Å². The molecule has 0 saturated heterocycles. The van der Waals surface area contributed by atoms with E-state index in [0.717, 1.165) is 23.6 Å². The second kappa shape index (κ2) is 5.78. The molecule has 1 saturated carbocycles. The molecule has 0 heterocycles. The summed E-state index contributed by atoms with van der Waals surface area (Å²) >= 11 is 0. The van der Waals surface area contributed by atoms with Crippen molar-refractivity contribution in [3.8, 4) is 0 Å². The highest BCUT2D eigenvalue weighted by Crippen LogP contribution is 2.29. The van der Waals surface area contributed by atoms with Crippen LogP contribution in [-0.2, 0) is 10.0 Å². The van der Waals surface area contributed by atoms with E-state index in [1.807, 2.05) is 36.4 Å². The summed E-state index contributed by atoms with van der Waals surface area (Å²) in [4.78, 5) is 0.418. The van der Waals surface area contributed by atoms with Crippen LogP contribution in [-0.4, -0.2) is 26.3 Å². The van der Waals surface area contributed by atoms with Gasteiger partial charge in [-0.1, -0.05) is 49.2 Å². The Hall–Kier alpha value is -1.39. The number of nitrogens with zero attached hydrogens (tertiary/aromatic N) is 1. The molecule has 1 aliphatic rings. The molecule has 0 radical (unpaired) electrons. The Balaban J connectivity index is 1.95. The summed E-state index contributed by atoms with van der Waals surface area (Å²) in [5.74, 6) is 0.514. The molecule has 0 N–H and O–H groups in total. The van der Waals surface area contributed by atoms with E-state index in [1.165, 1.54) is 17.1 Å². The lowest BCUT2D eigenvalue weighted by Gasteiger charge is -2.21. The number of sulfonamides is 1. The summed E-state index contributed by atoms with van der Waals surface area (Å²) in [6, 6.07) is 13.1. The summed E-state index contributed by atoms with van der Waals surface area (Å²) in [7, 11) is -1.72. The number of fused-ring (bicyclic) bond motifs is 1. The van der Waals surface area contributed by atoms with Gasteiger partial charge >= 0.3 is 0 Å². The smallest absolute Gasteiger partial charge is 0.207 e. The molecule has 0 amide bonds. The van der Waals surface area contributed by atoms with E-state index in [4.69, 9.17) is 0 Å². The molecule has 2 aromatic carbocycles. The first-order chi connectivity index (χ1) is 10.1. The first-order valence-corrected chi connectivity index (χ1v) is 8.97. The van der Waals surface area contributed by atoms with Gasteiger partial charge in [0, 0.05) is 19.0 Å². The third kappa shape index (κ3) is 2.83. The minimum atomic E-state index is -3.42. The van der Waals surface area contributed by atoms with Crippen LogP contribution >= 0.6 is 0 Å². The van der Waals surface area contributed by atoms with Crippen molar-refractivity contribution < 1.29 is 8.42 Å². The quantitative estimate of drug-likeness (QED) is 0.864. The number of benzene rings is 2. The Labute approximate surface area is 126 Å². The van der Waals surface area contributed by atoms with Gasteiger partial charge in [-0.05, 0) is 30.2 Å². The Bertz CT molecular complexity index is 728. The minimum absolute atomic E-state index is 0.418. The second-order valence-electron chi connectivity index (χ2n) is 5.91. The maximum absolute atomic E-state index is 12.9. The Kier molecular flexibility index (Phi) is 4.00. The lowest BCUT2D eigenvalue weighted by molar-refractivity contribution is 0.387. The van der Waals surface area contributed by atoms with Crippen LogP contribution in [0.5, 0.6) is 0 Å². The second-order valence-corrected chi connectivity index (χ2v) is 7.93. The standard InChI is InChI=1S/C17H21NO2S/c1-18(13-14-7-2-3-8-14)21(19,20)17-12-6-10-15-9-4-5-11-16(15)17/h4-6,9-12,14H,2-3,7-8,13H2,1H3. The number of hydrogen-bond acceptors (Lipinski definition) is 2. The van der Waals surface area contributed by atoms with Crippen molar-refractivity contribution in [1.29, 1.82) is 0 Å². The van der Waals surface area contributed by atoms with E-state index in [9.17, 15) is 8.42 Å². The molecule has 0 atom stereocenters. The van der Waals surface area contributed by atoms with Crippen molar-refractivity contribution in [1.82, 2.24) is 4.31 Å². The molecule has 112 valence electrons. The molecule has 0 aromatic heterocycles. The summed E-state index contributed by atoms with van der Waals surface area (Å²) in [6.07, 6.45) is 4.75. The SMILES string of the molecule is CN(CC1CCCC1)S(=O)(=O)c1cccc2ccccc12. The number of rotatable bonds is 4. The van der Waals surface area contributed by atoms with Gasteiger partial charge in [0.2, 0.25) is 10.0 Å². The molecule has 1 aliphatic carbocycles. The molecule has 0 spiro atoms. The van der Waals surface area contributed by atoms with E-state index in [0.29, 0.717) is 17.4 Å². The zero-order valence-corrected chi connectivity index (χ0v) is 13.1. The Morgan fingerprint density at radius 1 is 1.05 bits per heavy atom. The van der Waals surface area contributed by atoms with Crippen LogP contribution in [0.1, 0.15) is 25.7 Å². The lowest BCUT2D eigenvalue weighted by atomic mass is 10.1. The van der Waals surface area contributed by atoms with Gasteiger partial charge in [0.15, 0.2) is 0 Å². The van der Waals surface area contributed by atoms with E-state index < -0.39 is 10.0 Å². The topological polar surface area (TPSA) is 37.4 Å². The van der Waals surface area contributed by atoms with E-state index >= 15 is 0 Å². The average molecular weight is 303 g/mol. The molecule has 4 heteroatoms. The van der Waals surface area contributed by atoms with Gasteiger partial charge in [-0.3, -0.25) is 0 Å². The van der Waals surface area contributed by atoms with Gasteiger partial charge < -0.3 is 0 Å². The third-order valence-electron chi connectivity index (χ3n) is 4.43. The van der Waals surface area contributed by atoms with Crippen molar-refractivity contribution in [2.45, 2.75) is 30.6 Å². The normalized spacial score (nSPS) is 16.9. The summed E-state index contributed by atoms with van der Waals surface area (Å²) in [6.45, 7) is 0.631. The van der Waals surface area contributed by atoms with Crippen molar-refractivity contribution in [3.63, 3.8) is 0 Å². The maximum Gasteiger partial charge on any atom is 0.243 e. The van der Waals surface area contributed by atoms with Gasteiger partial charge in [-0.15, -0.1) is 0 Å². The van der Waals surface area contributed by atoms with Gasteiger partial charge in [0.1, 0.15) is 0 Å². The number of hydrogen-bond donors (Lipinski definition) is 0. The van der Waals surface area contributed by atoms with E-state index in [-0.39, 0.29) is 0 Å². The van der Waals surface area contributed by atoms with Gasteiger partial charge in [0.25, 0.3) is 0 Å². The predicted octanol–water partition coefficient (Wildman–Crippen LogP) is 3.65. The molecule has 1 fully saturated rings. The van der Waals surface area contributed by atoms with Crippen molar-refractivity contribution in [2.75, 3.05) is 13.6 Å². The molecule has 21 heavy (non-hydrogen) atoms. The van der Waals surface area contributed by atoms with Crippen LogP contribution in [0.2, 0.25) is 0 Å². The Morgan fingerprint density at radius 2 is 1.71 bits per heavy atom. The maximum atomic E-state index is 12.9. The van der Waals surface area contributed by atoms with Gasteiger partial charge in [0.05, 0.1) is 4.90 Å². The summed E-state index contributed by atoms with van der Waals surface area (Å²) in [5, 5.41) is 1.77. The van der Waals surface area contributed by atoms with Crippen LogP contribution in [0.3, 0.4) is 0 Å². The first-order valence-electron chi connectivity index (χ1n) is 7.53. The predicted molar refractivity (Wildman–Crippen MR) is 85.7 cm³/mol. The summed E-state index contributed by atoms with van der Waals surface area (Å²) in [5.41, 5.74) is 0. The van der Waals surface area contributed by atoms with Gasteiger partial charge in [-0.25, -0.2) is 12.7 Å². The highest BCUT2D eigenvalue weighted by atomic mass is 32.2. The van der Waals surface area contributed by atoms with E-state index in [1.54, 1.807) is 13.1 Å². The fourth-order valence-corrected chi connectivity index (χ4v) is 4.70. The van der Waals surface area contributed by atoms with Crippen molar-refractivity contribution in [3.05, 3.63) is 42.5 Å². The fourth-order valence-electron chi connectivity index (χ4n) is 3.24. The molecule has 3 nitrogen and oxygen atoms in total. The van der Waals surface area contributed by atoms with E-state index in [2.05, 4.69) is 0 Å². The molecule has 0 aliphatic heterocycles. The van der Waals surface area contributed by atoms with Crippen molar-refractivity contribution >= 4 is 20.8 Å². The van der Waals surface area contributed by atoms with Gasteiger partial charge in [-0.2, -0.15) is 0 Å². The highest BCUT2D eigenvalue weighted by Gasteiger charge is 2.26. The zero-order chi connectivity index (χ0) is 14.9. The summed E-state index contributed by atoms with van der Waals surface area (Å²) < 4.78 is 27.3. The Morgan fingerprint density at radius 3 is 2.48 bits per heavy atom. The monoisotopic (exact) mass is 303 g/mol. The largest absolute Gasteiger partial charge is 0.243 e. The molecular weight excluding hydrogens is 282 g/mol. The molecule has 3 rings (SSSR count). The van der Waals surface area contributed by atoms with Crippen LogP contribution in [0.15, 0.2) is 47.4 Å². The first kappa shape index (κ1) is 14.5. The average Bonchev–Trinajstić information content (AvgIpc) is 2.99. The third-order valence-corrected chi connectivity index (χ3v) is 6.31. The molecular formula is C17H21NO2S. The molecule has 0 unspecified atom stereocenters. The molecule has 2 aromatic rings. The van der Waals surface area contributed by atoms with Crippen LogP contribution < -0.4 is 0 Å². The lowest BCUT2D eigenvalue weighted by Crippen LogP contribution is -2.31. The zero-order valence-electron chi connectivity index (χ0n) is 12.3. The van der Waals surface area contributed by atoms with Crippen molar-refractivity contribution in [2.24, 2.45) is 5.92 Å². The van der Waals surface area contributed by atoms with Crippen LogP contribution in [0, 0.1) is 5.92 Å².